The van der Waals surface area contributed by atoms with Gasteiger partial charge in [-0.25, -0.2) is 0 Å². The number of amides is 4. The van der Waals surface area contributed by atoms with Gasteiger partial charge in [-0.05, 0) is 34.7 Å². The van der Waals surface area contributed by atoms with E-state index in [2.05, 4.69) is 16.7 Å². The van der Waals surface area contributed by atoms with Crippen LogP contribution in [0, 0.1) is 16.7 Å². The molecule has 0 bridgehead atoms. The monoisotopic (exact) mass is 603 g/mol. The Morgan fingerprint density at radius 1 is 1.14 bits per heavy atom. The molecule has 0 radical (unpaired) electrons. The highest BCUT2D eigenvalue weighted by atomic mass is 35.5. The van der Waals surface area contributed by atoms with Gasteiger partial charge in [-0.1, -0.05) is 62.7 Å². The third kappa shape index (κ3) is 6.06. The fourth-order valence-corrected chi connectivity index (χ4v) is 5.64. The molecule has 0 aliphatic carbocycles. The van der Waals surface area contributed by atoms with E-state index in [4.69, 9.17) is 11.6 Å². The number of benzene rings is 2. The minimum absolute atomic E-state index is 0.0160. The first-order valence-electron chi connectivity index (χ1n) is 13.1. The Balaban J connectivity index is 1.67. The second kappa shape index (κ2) is 11.3. The van der Waals surface area contributed by atoms with E-state index >= 15 is 0 Å². The number of halogens is 4. The lowest BCUT2D eigenvalue weighted by molar-refractivity contribution is -0.175. The Labute approximate surface area is 245 Å². The van der Waals surface area contributed by atoms with Crippen molar-refractivity contribution in [1.29, 1.82) is 5.26 Å². The maximum atomic E-state index is 14.1. The van der Waals surface area contributed by atoms with Gasteiger partial charge < -0.3 is 20.9 Å². The average Bonchev–Trinajstić information content (AvgIpc) is 3.43. The molecule has 1 saturated heterocycles. The maximum Gasteiger partial charge on any atom is 0.471 e. The van der Waals surface area contributed by atoms with Crippen LogP contribution in [0.4, 0.5) is 18.9 Å². The lowest BCUT2D eigenvalue weighted by atomic mass is 9.80. The summed E-state index contributed by atoms with van der Waals surface area (Å²) in [5.41, 5.74) is -0.618. The SMILES string of the molecule is CC(C)(C)[C@H](NC(=O)C(F)(F)F)C(=O)N[C@@H](Cc1cccc(Cl)c1)C(=O)N1C[C@]2(C[C@H]1C#N)C(=O)Nc1ccccc12. The van der Waals surface area contributed by atoms with Gasteiger partial charge in [-0.3, -0.25) is 19.2 Å². The Bertz CT molecular complexity index is 1470. The number of para-hydroxylation sites is 1. The summed E-state index contributed by atoms with van der Waals surface area (Å²) in [6, 6.07) is 11.4. The van der Waals surface area contributed by atoms with E-state index in [-0.39, 0.29) is 25.3 Å². The molecule has 2 aliphatic rings. The summed E-state index contributed by atoms with van der Waals surface area (Å²) in [7, 11) is 0. The number of likely N-dealkylation sites (tertiary alicyclic amines) is 1. The molecule has 0 saturated carbocycles. The van der Waals surface area contributed by atoms with E-state index in [1.54, 1.807) is 53.8 Å². The molecule has 222 valence electrons. The van der Waals surface area contributed by atoms with Crippen molar-refractivity contribution >= 4 is 40.9 Å². The third-order valence-electron chi connectivity index (χ3n) is 7.52. The van der Waals surface area contributed by atoms with Crippen LogP contribution in [0.1, 0.15) is 38.3 Å². The minimum Gasteiger partial charge on any atom is -0.342 e. The topological polar surface area (TPSA) is 131 Å². The van der Waals surface area contributed by atoms with Crippen molar-refractivity contribution in [3.05, 3.63) is 64.7 Å². The molecule has 1 spiro atoms. The normalized spacial score (nSPS) is 21.2. The van der Waals surface area contributed by atoms with Gasteiger partial charge >= 0.3 is 12.1 Å². The maximum absolute atomic E-state index is 14.1. The zero-order valence-corrected chi connectivity index (χ0v) is 23.8. The highest BCUT2D eigenvalue weighted by Crippen LogP contribution is 2.46. The molecule has 2 aromatic rings. The number of hydrogen-bond donors (Lipinski definition) is 3. The molecule has 13 heteroatoms. The van der Waals surface area contributed by atoms with Crippen LogP contribution in [0.2, 0.25) is 5.02 Å². The van der Waals surface area contributed by atoms with Crippen molar-refractivity contribution in [2.24, 2.45) is 5.41 Å². The molecule has 2 heterocycles. The Morgan fingerprint density at radius 2 is 1.83 bits per heavy atom. The molecule has 3 N–H and O–H groups in total. The number of anilines is 1. The van der Waals surface area contributed by atoms with Crippen molar-refractivity contribution in [3.8, 4) is 6.07 Å². The second-order valence-electron chi connectivity index (χ2n) is 11.6. The van der Waals surface area contributed by atoms with Crippen molar-refractivity contribution in [1.82, 2.24) is 15.5 Å². The van der Waals surface area contributed by atoms with Gasteiger partial charge in [0, 0.05) is 30.1 Å². The Hall–Kier alpha value is -4.11. The van der Waals surface area contributed by atoms with Crippen LogP contribution >= 0.6 is 11.6 Å². The minimum atomic E-state index is -5.23. The number of rotatable bonds is 6. The van der Waals surface area contributed by atoms with Gasteiger partial charge in [0.2, 0.25) is 17.7 Å². The van der Waals surface area contributed by atoms with Gasteiger partial charge in [0.15, 0.2) is 0 Å². The molecule has 2 aromatic carbocycles. The van der Waals surface area contributed by atoms with E-state index in [9.17, 15) is 37.6 Å². The first kappa shape index (κ1) is 30.8. The summed E-state index contributed by atoms with van der Waals surface area (Å²) >= 11 is 6.12. The van der Waals surface area contributed by atoms with Crippen LogP contribution in [-0.4, -0.2) is 59.4 Å². The largest absolute Gasteiger partial charge is 0.471 e. The highest BCUT2D eigenvalue weighted by Gasteiger charge is 2.56. The molecule has 0 unspecified atom stereocenters. The van der Waals surface area contributed by atoms with Crippen LogP contribution in [-0.2, 0) is 31.0 Å². The number of carbonyl (C=O) groups excluding carboxylic acids is 4. The number of nitrogens with one attached hydrogen (secondary N) is 3. The van der Waals surface area contributed by atoms with Gasteiger partial charge in [-0.15, -0.1) is 0 Å². The predicted octanol–water partition coefficient (Wildman–Crippen LogP) is 3.48. The van der Waals surface area contributed by atoms with E-state index in [0.717, 1.165) is 0 Å². The zero-order valence-electron chi connectivity index (χ0n) is 23.0. The second-order valence-corrected chi connectivity index (χ2v) is 12.0. The summed E-state index contributed by atoms with van der Waals surface area (Å²) in [5.74, 6) is -4.39. The van der Waals surface area contributed by atoms with E-state index in [0.29, 0.717) is 21.8 Å². The lowest BCUT2D eigenvalue weighted by Crippen LogP contribution is -2.60. The summed E-state index contributed by atoms with van der Waals surface area (Å²) in [4.78, 5) is 53.7. The number of alkyl halides is 3. The van der Waals surface area contributed by atoms with Crippen molar-refractivity contribution in [2.75, 3.05) is 11.9 Å². The molecule has 1 fully saturated rings. The molecule has 2 aliphatic heterocycles. The van der Waals surface area contributed by atoms with Gasteiger partial charge in [-0.2, -0.15) is 18.4 Å². The highest BCUT2D eigenvalue weighted by molar-refractivity contribution is 6.30. The zero-order chi connectivity index (χ0) is 31.0. The van der Waals surface area contributed by atoms with Crippen molar-refractivity contribution in [2.45, 2.75) is 63.3 Å². The molecule has 42 heavy (non-hydrogen) atoms. The first-order chi connectivity index (χ1) is 19.6. The fraction of sp³-hybridized carbons (Fsp3) is 0.414. The average molecular weight is 604 g/mol. The van der Waals surface area contributed by atoms with E-state index in [1.165, 1.54) is 25.7 Å². The van der Waals surface area contributed by atoms with Crippen LogP contribution in [0.5, 0.6) is 0 Å². The van der Waals surface area contributed by atoms with Gasteiger partial charge in [0.1, 0.15) is 18.1 Å². The summed E-state index contributed by atoms with van der Waals surface area (Å²) in [6.07, 6.45) is -5.34. The summed E-state index contributed by atoms with van der Waals surface area (Å²) in [5, 5.41) is 17.4. The lowest BCUT2D eigenvalue weighted by Gasteiger charge is -2.33. The standard InChI is InChI=1S/C29H29ClF3N5O4/c1-27(2,3)22(37-26(42)29(31,32)33)23(39)35-21(12-16-7-6-8-17(30)11-16)24(40)38-15-28(13-18(38)14-34)19-9-4-5-10-20(19)36-25(28)41/h4-11,18,21-22H,12-13,15H2,1-3H3,(H,35,39)(H,36,41)(H,37,42)/t18-,21-,22+,28-/m0/s1. The summed E-state index contributed by atoms with van der Waals surface area (Å²) < 4.78 is 39.2. The van der Waals surface area contributed by atoms with E-state index in [1.807, 2.05) is 0 Å². The summed E-state index contributed by atoms with van der Waals surface area (Å²) in [6.45, 7) is 4.25. The first-order valence-corrected chi connectivity index (χ1v) is 13.5. The van der Waals surface area contributed by atoms with Gasteiger partial charge in [0.05, 0.1) is 11.5 Å². The number of hydrogen-bond acceptors (Lipinski definition) is 5. The van der Waals surface area contributed by atoms with Crippen LogP contribution in [0.15, 0.2) is 48.5 Å². The van der Waals surface area contributed by atoms with Crippen LogP contribution < -0.4 is 16.0 Å². The molecule has 4 rings (SSSR count). The van der Waals surface area contributed by atoms with Crippen molar-refractivity contribution < 1.29 is 32.3 Å². The molecule has 9 nitrogen and oxygen atoms in total. The number of nitriles is 1. The number of nitrogens with zero attached hydrogens (tertiary/aromatic N) is 2. The quantitative estimate of drug-likeness (QED) is 0.465. The Morgan fingerprint density at radius 3 is 2.45 bits per heavy atom. The van der Waals surface area contributed by atoms with E-state index < -0.39 is 52.9 Å². The molecular weight excluding hydrogens is 575 g/mol. The van der Waals surface area contributed by atoms with Crippen molar-refractivity contribution in [3.63, 3.8) is 0 Å². The van der Waals surface area contributed by atoms with Crippen LogP contribution in [0.3, 0.4) is 0 Å². The van der Waals surface area contributed by atoms with Crippen LogP contribution in [0.25, 0.3) is 0 Å². The smallest absolute Gasteiger partial charge is 0.342 e. The predicted molar refractivity (Wildman–Crippen MR) is 147 cm³/mol. The molecule has 4 amide bonds. The van der Waals surface area contributed by atoms with Gasteiger partial charge in [0.25, 0.3) is 0 Å². The molecule has 4 atom stereocenters. The number of fused-ring (bicyclic) bond motifs is 2. The Kier molecular flexibility index (Phi) is 8.29. The fourth-order valence-electron chi connectivity index (χ4n) is 5.43. The number of carbonyl (C=O) groups is 4. The third-order valence-corrected chi connectivity index (χ3v) is 7.76. The molecular formula is C29H29ClF3N5O4. The molecule has 0 aromatic heterocycles.